The maximum absolute atomic E-state index is 7.47. The monoisotopic (exact) mass is 630 g/mol. The third kappa shape index (κ3) is 6.38. The van der Waals surface area contributed by atoms with Crippen molar-refractivity contribution in [2.24, 2.45) is 0 Å². The summed E-state index contributed by atoms with van der Waals surface area (Å²) in [4.78, 5) is 0. The van der Waals surface area contributed by atoms with Crippen molar-refractivity contribution in [1.82, 2.24) is 0 Å². The number of ether oxygens (including phenoxy) is 1. The molecule has 5 aromatic rings. The highest BCUT2D eigenvalue weighted by atomic mass is 28.4. The van der Waals surface area contributed by atoms with Crippen LogP contribution >= 0.6 is 0 Å². The van der Waals surface area contributed by atoms with Crippen LogP contribution in [0.4, 0.5) is 0 Å². The van der Waals surface area contributed by atoms with Crippen molar-refractivity contribution >= 4 is 37.4 Å². The molecule has 0 amide bonds. The second-order valence-electron chi connectivity index (χ2n) is 13.6. The number of hydrogen-bond donors (Lipinski definition) is 0. The van der Waals surface area contributed by atoms with Gasteiger partial charge in [-0.3, -0.25) is 0 Å². The molecule has 0 atom stereocenters. The van der Waals surface area contributed by atoms with Crippen LogP contribution < -0.4 is 34.3 Å². The van der Waals surface area contributed by atoms with Crippen molar-refractivity contribution in [3.8, 4) is 17.2 Å². The predicted octanol–water partition coefficient (Wildman–Crippen LogP) is 7.96. The van der Waals surface area contributed by atoms with Gasteiger partial charge in [-0.25, -0.2) is 0 Å². The highest BCUT2D eigenvalue weighted by Crippen LogP contribution is 2.42. The first-order valence-corrected chi connectivity index (χ1v) is 19.7. The predicted molar refractivity (Wildman–Crippen MR) is 194 cm³/mol. The standard InChI is InChI=1S/C40H46O3Si2/c1-8-41-32-29-33(42-44(39(2,3)4,35-21-13-9-14-22-35)36-23-15-10-16-24-36)31-34(30-32)43-45(40(5,6)7,37-25-17-11-18-26-37)38-27-19-12-20-28-38/h9-31H,8H2,1-7H3. The average molecular weight is 631 g/mol. The lowest BCUT2D eigenvalue weighted by Gasteiger charge is -2.44. The first-order chi connectivity index (χ1) is 21.5. The topological polar surface area (TPSA) is 27.7 Å². The summed E-state index contributed by atoms with van der Waals surface area (Å²) in [5.74, 6) is 2.24. The molecule has 0 saturated heterocycles. The molecule has 0 heterocycles. The lowest BCUT2D eigenvalue weighted by atomic mass is 10.2. The average Bonchev–Trinajstić information content (AvgIpc) is 3.03. The van der Waals surface area contributed by atoms with Crippen molar-refractivity contribution in [2.75, 3.05) is 6.61 Å². The molecule has 5 rings (SSSR count). The Balaban J connectivity index is 1.73. The maximum atomic E-state index is 7.47. The van der Waals surface area contributed by atoms with Crippen LogP contribution in [0.3, 0.4) is 0 Å². The molecular formula is C40H46O3Si2. The lowest BCUT2D eigenvalue weighted by Crippen LogP contribution is -2.69. The minimum Gasteiger partial charge on any atom is -0.534 e. The first kappa shape index (κ1) is 32.3. The SMILES string of the molecule is CCOc1cc(O[Si](c2ccccc2)(c2ccccc2)C(C)(C)C)cc(O[Si](c2ccccc2)(c2ccccc2)C(C)(C)C)c1. The zero-order chi connectivity index (χ0) is 32.1. The number of benzene rings is 5. The quantitative estimate of drug-likeness (QED) is 0.147. The Labute approximate surface area is 272 Å². The molecule has 0 aliphatic heterocycles. The molecule has 0 unspecified atom stereocenters. The molecule has 0 radical (unpaired) electrons. The van der Waals surface area contributed by atoms with Gasteiger partial charge in [-0.1, -0.05) is 163 Å². The van der Waals surface area contributed by atoms with Gasteiger partial charge in [0.2, 0.25) is 0 Å². The Hall–Kier alpha value is -4.07. The Morgan fingerprint density at radius 2 is 0.689 bits per heavy atom. The normalized spacial score (nSPS) is 12.4. The van der Waals surface area contributed by atoms with E-state index in [4.69, 9.17) is 13.6 Å². The molecule has 3 nitrogen and oxygen atoms in total. The van der Waals surface area contributed by atoms with E-state index in [2.05, 4.69) is 169 Å². The third-order valence-corrected chi connectivity index (χ3v) is 18.4. The van der Waals surface area contributed by atoms with Gasteiger partial charge in [0.05, 0.1) is 6.61 Å². The summed E-state index contributed by atoms with van der Waals surface area (Å²) >= 11 is 0. The molecule has 0 aliphatic rings. The molecule has 0 fully saturated rings. The van der Waals surface area contributed by atoms with E-state index in [1.165, 1.54) is 20.7 Å². The van der Waals surface area contributed by atoms with Crippen LogP contribution in [0.2, 0.25) is 10.1 Å². The van der Waals surface area contributed by atoms with Crippen molar-refractivity contribution < 1.29 is 13.6 Å². The molecule has 0 aromatic heterocycles. The molecule has 0 bridgehead atoms. The van der Waals surface area contributed by atoms with Gasteiger partial charge in [0.15, 0.2) is 0 Å². The van der Waals surface area contributed by atoms with Gasteiger partial charge in [0.25, 0.3) is 0 Å². The minimum atomic E-state index is -2.88. The van der Waals surface area contributed by atoms with Crippen LogP contribution in [0, 0.1) is 0 Å². The van der Waals surface area contributed by atoms with Crippen LogP contribution in [0.5, 0.6) is 17.2 Å². The van der Waals surface area contributed by atoms with E-state index in [1.54, 1.807) is 0 Å². The van der Waals surface area contributed by atoms with Gasteiger partial charge in [-0.05, 0) is 37.7 Å². The van der Waals surface area contributed by atoms with Crippen molar-refractivity contribution in [2.45, 2.75) is 58.5 Å². The molecule has 5 aromatic carbocycles. The summed E-state index contributed by atoms with van der Waals surface area (Å²) in [5.41, 5.74) is 0. The summed E-state index contributed by atoms with van der Waals surface area (Å²) in [6.45, 7) is 16.3. The fraction of sp³-hybridized carbons (Fsp3) is 0.250. The summed E-state index contributed by atoms with van der Waals surface area (Å²) in [6, 6.07) is 49.1. The van der Waals surface area contributed by atoms with E-state index in [-0.39, 0.29) is 10.1 Å². The van der Waals surface area contributed by atoms with E-state index in [0.29, 0.717) is 6.61 Å². The molecule has 232 valence electrons. The fourth-order valence-electron chi connectivity index (χ4n) is 6.57. The fourth-order valence-corrected chi connectivity index (χ4v) is 15.4. The summed E-state index contributed by atoms with van der Waals surface area (Å²) in [6.07, 6.45) is 0. The van der Waals surface area contributed by atoms with E-state index < -0.39 is 16.6 Å². The zero-order valence-corrected chi connectivity index (χ0v) is 29.7. The molecule has 0 N–H and O–H groups in total. The molecular weight excluding hydrogens is 585 g/mol. The van der Waals surface area contributed by atoms with Crippen molar-refractivity contribution in [1.29, 1.82) is 0 Å². The number of hydrogen-bond acceptors (Lipinski definition) is 3. The van der Waals surface area contributed by atoms with E-state index >= 15 is 0 Å². The Kier molecular flexibility index (Phi) is 9.42. The van der Waals surface area contributed by atoms with Gasteiger partial charge in [0, 0.05) is 18.2 Å². The van der Waals surface area contributed by atoms with Crippen LogP contribution in [0.25, 0.3) is 0 Å². The molecule has 5 heteroatoms. The van der Waals surface area contributed by atoms with Crippen LogP contribution in [0.15, 0.2) is 140 Å². The molecule has 0 saturated carbocycles. The molecule has 0 aliphatic carbocycles. The van der Waals surface area contributed by atoms with Crippen molar-refractivity contribution in [3.63, 3.8) is 0 Å². The summed E-state index contributed by atoms with van der Waals surface area (Å²) < 4.78 is 21.1. The van der Waals surface area contributed by atoms with Crippen LogP contribution in [-0.2, 0) is 0 Å². The van der Waals surface area contributed by atoms with E-state index in [1.807, 2.05) is 19.1 Å². The first-order valence-electron chi connectivity index (χ1n) is 15.9. The third-order valence-electron chi connectivity index (χ3n) is 8.54. The van der Waals surface area contributed by atoms with Crippen LogP contribution in [0.1, 0.15) is 48.5 Å². The summed E-state index contributed by atoms with van der Waals surface area (Å²) in [5, 5.41) is 4.52. The largest absolute Gasteiger partial charge is 0.534 e. The van der Waals surface area contributed by atoms with Crippen LogP contribution in [-0.4, -0.2) is 23.2 Å². The Morgan fingerprint density at radius 1 is 0.422 bits per heavy atom. The Morgan fingerprint density at radius 3 is 0.933 bits per heavy atom. The second kappa shape index (κ2) is 13.1. The van der Waals surface area contributed by atoms with Gasteiger partial charge in [-0.2, -0.15) is 0 Å². The zero-order valence-electron chi connectivity index (χ0n) is 27.7. The molecule has 0 spiro atoms. The van der Waals surface area contributed by atoms with Gasteiger partial charge in [-0.15, -0.1) is 0 Å². The van der Waals surface area contributed by atoms with E-state index in [9.17, 15) is 0 Å². The van der Waals surface area contributed by atoms with E-state index in [0.717, 1.165) is 17.2 Å². The summed E-state index contributed by atoms with van der Waals surface area (Å²) in [7, 11) is -5.76. The van der Waals surface area contributed by atoms with Gasteiger partial charge in [0.1, 0.15) is 17.2 Å². The lowest BCUT2D eigenvalue weighted by molar-refractivity contribution is 0.337. The molecule has 45 heavy (non-hydrogen) atoms. The van der Waals surface area contributed by atoms with Gasteiger partial charge >= 0.3 is 16.6 Å². The second-order valence-corrected chi connectivity index (χ2v) is 22.0. The number of rotatable bonds is 10. The smallest absolute Gasteiger partial charge is 0.319 e. The Bertz CT molecular complexity index is 1460. The van der Waals surface area contributed by atoms with Gasteiger partial charge < -0.3 is 13.6 Å². The van der Waals surface area contributed by atoms with Crippen molar-refractivity contribution in [3.05, 3.63) is 140 Å². The minimum absolute atomic E-state index is 0.184. The highest BCUT2D eigenvalue weighted by Gasteiger charge is 2.53. The highest BCUT2D eigenvalue weighted by molar-refractivity contribution is 7.00. The maximum Gasteiger partial charge on any atom is 0.319 e.